The molecule has 0 saturated carbocycles. The number of nitrogens with one attached hydrogen (secondary N) is 1. The van der Waals surface area contributed by atoms with Crippen molar-refractivity contribution < 1.29 is 14.2 Å². The smallest absolute Gasteiger partial charge is 0.161 e. The Morgan fingerprint density at radius 3 is 3.00 bits per heavy atom. The third-order valence-corrected chi connectivity index (χ3v) is 4.07. The second-order valence-corrected chi connectivity index (χ2v) is 5.82. The summed E-state index contributed by atoms with van der Waals surface area (Å²) in [6.45, 7) is 4.32. The Labute approximate surface area is 138 Å². The highest BCUT2D eigenvalue weighted by Gasteiger charge is 2.21. The van der Waals surface area contributed by atoms with Gasteiger partial charge in [-0.15, -0.1) is 0 Å². The third-order valence-electron chi connectivity index (χ3n) is 4.07. The lowest BCUT2D eigenvalue weighted by Crippen LogP contribution is -2.36. The Hall–Kier alpha value is -1.77. The minimum atomic E-state index is 0.315. The molecule has 2 atom stereocenters. The second kappa shape index (κ2) is 9.39. The van der Waals surface area contributed by atoms with Crippen LogP contribution in [0.15, 0.2) is 18.2 Å². The molecule has 1 aromatic rings. The van der Waals surface area contributed by atoms with E-state index < -0.39 is 0 Å². The van der Waals surface area contributed by atoms with Crippen LogP contribution >= 0.6 is 0 Å². The van der Waals surface area contributed by atoms with Gasteiger partial charge in [-0.2, -0.15) is 5.26 Å². The molecule has 2 unspecified atom stereocenters. The van der Waals surface area contributed by atoms with E-state index in [0.29, 0.717) is 25.2 Å². The van der Waals surface area contributed by atoms with E-state index in [1.807, 2.05) is 18.2 Å². The number of ether oxygens (including phenoxy) is 3. The van der Waals surface area contributed by atoms with Crippen molar-refractivity contribution in [3.05, 3.63) is 23.8 Å². The van der Waals surface area contributed by atoms with Gasteiger partial charge < -0.3 is 19.5 Å². The van der Waals surface area contributed by atoms with Crippen molar-refractivity contribution >= 4 is 0 Å². The maximum atomic E-state index is 8.57. The Morgan fingerprint density at radius 1 is 1.43 bits per heavy atom. The van der Waals surface area contributed by atoms with E-state index >= 15 is 0 Å². The first kappa shape index (κ1) is 17.6. The van der Waals surface area contributed by atoms with Gasteiger partial charge in [0, 0.05) is 25.6 Å². The molecule has 2 rings (SSSR count). The zero-order valence-electron chi connectivity index (χ0n) is 14.0. The topological polar surface area (TPSA) is 63.5 Å². The number of rotatable bonds is 9. The lowest BCUT2D eigenvalue weighted by Gasteiger charge is -2.20. The average molecular weight is 318 g/mol. The first-order valence-corrected chi connectivity index (χ1v) is 8.26. The number of hydrogen-bond acceptors (Lipinski definition) is 5. The highest BCUT2D eigenvalue weighted by molar-refractivity contribution is 5.43. The SMILES string of the molecule is COc1ccc(CNC(C)C2CCCO2)cc1OCCCC#N. The zero-order chi connectivity index (χ0) is 16.5. The molecule has 5 nitrogen and oxygen atoms in total. The molecule has 1 aromatic carbocycles. The molecule has 1 heterocycles. The van der Waals surface area contributed by atoms with E-state index in [-0.39, 0.29) is 0 Å². The summed E-state index contributed by atoms with van der Waals surface area (Å²) in [4.78, 5) is 0. The van der Waals surface area contributed by atoms with Crippen molar-refractivity contribution in [3.63, 3.8) is 0 Å². The fraction of sp³-hybridized carbons (Fsp3) is 0.611. The predicted octanol–water partition coefficient (Wildman–Crippen LogP) is 3.03. The van der Waals surface area contributed by atoms with E-state index in [4.69, 9.17) is 19.5 Å². The van der Waals surface area contributed by atoms with Crippen LogP contribution < -0.4 is 14.8 Å². The molecule has 1 N–H and O–H groups in total. The van der Waals surface area contributed by atoms with Gasteiger partial charge >= 0.3 is 0 Å². The van der Waals surface area contributed by atoms with Crippen LogP contribution in [-0.4, -0.2) is 32.5 Å². The van der Waals surface area contributed by atoms with Crippen molar-refractivity contribution in [1.29, 1.82) is 5.26 Å². The monoisotopic (exact) mass is 318 g/mol. The van der Waals surface area contributed by atoms with Crippen LogP contribution in [0.2, 0.25) is 0 Å². The van der Waals surface area contributed by atoms with Gasteiger partial charge in [0.15, 0.2) is 11.5 Å². The normalized spacial score (nSPS) is 18.4. The average Bonchev–Trinajstić information content (AvgIpc) is 3.11. The summed E-state index contributed by atoms with van der Waals surface area (Å²) in [6, 6.07) is 8.42. The molecule has 23 heavy (non-hydrogen) atoms. The van der Waals surface area contributed by atoms with Crippen LogP contribution in [0.1, 0.15) is 38.2 Å². The van der Waals surface area contributed by atoms with Crippen molar-refractivity contribution in [2.75, 3.05) is 20.3 Å². The van der Waals surface area contributed by atoms with Gasteiger partial charge in [-0.25, -0.2) is 0 Å². The molecule has 0 spiro atoms. The van der Waals surface area contributed by atoms with E-state index in [9.17, 15) is 0 Å². The fourth-order valence-corrected chi connectivity index (χ4v) is 2.68. The van der Waals surface area contributed by atoms with E-state index in [0.717, 1.165) is 49.5 Å². The summed E-state index contributed by atoms with van der Waals surface area (Å²) in [5, 5.41) is 12.1. The van der Waals surface area contributed by atoms with Crippen LogP contribution in [0.25, 0.3) is 0 Å². The molecule has 0 aromatic heterocycles. The zero-order valence-corrected chi connectivity index (χ0v) is 14.0. The van der Waals surface area contributed by atoms with Gasteiger partial charge in [-0.05, 0) is 43.9 Å². The minimum Gasteiger partial charge on any atom is -0.493 e. The molecule has 0 radical (unpaired) electrons. The van der Waals surface area contributed by atoms with Gasteiger partial charge in [0.2, 0.25) is 0 Å². The summed E-state index contributed by atoms with van der Waals surface area (Å²) in [5.74, 6) is 1.45. The molecular weight excluding hydrogens is 292 g/mol. The molecule has 0 bridgehead atoms. The first-order chi connectivity index (χ1) is 11.2. The van der Waals surface area contributed by atoms with E-state index in [2.05, 4.69) is 18.3 Å². The van der Waals surface area contributed by atoms with Crippen molar-refractivity contribution in [2.45, 2.75) is 51.3 Å². The Balaban J connectivity index is 1.89. The summed E-state index contributed by atoms with van der Waals surface area (Å²) < 4.78 is 16.8. The highest BCUT2D eigenvalue weighted by Crippen LogP contribution is 2.28. The molecule has 1 fully saturated rings. The van der Waals surface area contributed by atoms with Gasteiger partial charge in [0.05, 0.1) is 25.9 Å². The van der Waals surface area contributed by atoms with E-state index in [1.54, 1.807) is 7.11 Å². The quantitative estimate of drug-likeness (QED) is 0.709. The molecule has 0 amide bonds. The predicted molar refractivity (Wildman–Crippen MR) is 88.6 cm³/mol. The van der Waals surface area contributed by atoms with Crippen LogP contribution in [0.4, 0.5) is 0 Å². The summed E-state index contributed by atoms with van der Waals surface area (Å²) in [7, 11) is 1.63. The Kier molecular flexibility index (Phi) is 7.18. The van der Waals surface area contributed by atoms with Crippen LogP contribution in [0.5, 0.6) is 11.5 Å². The van der Waals surface area contributed by atoms with Crippen molar-refractivity contribution in [1.82, 2.24) is 5.32 Å². The van der Waals surface area contributed by atoms with Gasteiger partial charge in [0.1, 0.15) is 0 Å². The highest BCUT2D eigenvalue weighted by atomic mass is 16.5. The third kappa shape index (κ3) is 5.42. The maximum Gasteiger partial charge on any atom is 0.161 e. The molecular formula is C18H26N2O3. The maximum absolute atomic E-state index is 8.57. The molecule has 5 heteroatoms. The molecule has 0 aliphatic carbocycles. The first-order valence-electron chi connectivity index (χ1n) is 8.26. The molecule has 1 aliphatic rings. The van der Waals surface area contributed by atoms with Crippen LogP contribution in [-0.2, 0) is 11.3 Å². The standard InChI is InChI=1S/C18H26N2O3/c1-14(16-6-5-11-22-16)20-13-15-7-8-17(21-2)18(12-15)23-10-4-3-9-19/h7-8,12,14,16,20H,3-6,10-11,13H2,1-2H3. The van der Waals surface area contributed by atoms with Gasteiger partial charge in [-0.1, -0.05) is 6.07 Å². The molecule has 1 saturated heterocycles. The van der Waals surface area contributed by atoms with Crippen LogP contribution in [0.3, 0.4) is 0 Å². The number of methoxy groups -OCH3 is 1. The Bertz CT molecular complexity index is 521. The summed E-state index contributed by atoms with van der Waals surface area (Å²) in [6.07, 6.45) is 3.82. The lowest BCUT2D eigenvalue weighted by atomic mass is 10.1. The number of nitrogens with zero attached hydrogens (tertiary/aromatic N) is 1. The van der Waals surface area contributed by atoms with Gasteiger partial charge in [0.25, 0.3) is 0 Å². The van der Waals surface area contributed by atoms with E-state index in [1.165, 1.54) is 0 Å². The number of benzene rings is 1. The largest absolute Gasteiger partial charge is 0.493 e. The molecule has 126 valence electrons. The van der Waals surface area contributed by atoms with Crippen molar-refractivity contribution in [2.24, 2.45) is 0 Å². The summed E-state index contributed by atoms with van der Waals surface area (Å²) >= 11 is 0. The fourth-order valence-electron chi connectivity index (χ4n) is 2.68. The lowest BCUT2D eigenvalue weighted by molar-refractivity contribution is 0.0832. The second-order valence-electron chi connectivity index (χ2n) is 5.82. The summed E-state index contributed by atoms with van der Waals surface area (Å²) in [5.41, 5.74) is 1.14. The van der Waals surface area contributed by atoms with Crippen molar-refractivity contribution in [3.8, 4) is 17.6 Å². The number of nitriles is 1. The molecule has 1 aliphatic heterocycles. The van der Waals surface area contributed by atoms with Crippen LogP contribution in [0, 0.1) is 11.3 Å². The minimum absolute atomic E-state index is 0.315. The Morgan fingerprint density at radius 2 is 2.30 bits per heavy atom. The number of unbranched alkanes of at least 4 members (excludes halogenated alkanes) is 1. The van der Waals surface area contributed by atoms with Gasteiger partial charge in [-0.3, -0.25) is 0 Å². The number of hydrogen-bond donors (Lipinski definition) is 1.